The van der Waals surface area contributed by atoms with E-state index >= 15 is 0 Å². The van der Waals surface area contributed by atoms with Gasteiger partial charge in [-0.15, -0.1) is 0 Å². The van der Waals surface area contributed by atoms with Gasteiger partial charge in [0.25, 0.3) is 6.43 Å². The topological polar surface area (TPSA) is 32.9 Å². The molecule has 0 fully saturated rings. The van der Waals surface area contributed by atoms with E-state index in [0.29, 0.717) is 16.6 Å². The Kier molecular flexibility index (Phi) is 3.19. The predicted octanol–water partition coefficient (Wildman–Crippen LogP) is 2.52. The first kappa shape index (κ1) is 10.4. The van der Waals surface area contributed by atoms with Gasteiger partial charge < -0.3 is 4.98 Å². The molecule has 0 atom stereocenters. The molecule has 13 heavy (non-hydrogen) atoms. The van der Waals surface area contributed by atoms with E-state index < -0.39 is 17.4 Å². The lowest BCUT2D eigenvalue weighted by molar-refractivity contribution is 0.149. The highest BCUT2D eigenvalue weighted by Gasteiger charge is 2.14. The Morgan fingerprint density at radius 3 is 2.69 bits per heavy atom. The fraction of sp³-hybridized carbons (Fsp3) is 0.375. The van der Waals surface area contributed by atoms with Gasteiger partial charge in [-0.25, -0.2) is 8.78 Å². The molecule has 0 saturated heterocycles. The fourth-order valence-corrected chi connectivity index (χ4v) is 1.58. The van der Waals surface area contributed by atoms with Crippen molar-refractivity contribution in [3.63, 3.8) is 0 Å². The summed E-state index contributed by atoms with van der Waals surface area (Å²) in [5, 5.41) is 0.456. The second-order valence-electron chi connectivity index (χ2n) is 2.61. The molecule has 1 N–H and O–H groups in total. The van der Waals surface area contributed by atoms with E-state index in [1.54, 1.807) is 0 Å². The van der Waals surface area contributed by atoms with Crippen LogP contribution in [0, 0.1) is 6.92 Å². The average Bonchev–Trinajstić information content (AvgIpc) is 2.09. The lowest BCUT2D eigenvalue weighted by atomic mass is 10.1. The van der Waals surface area contributed by atoms with E-state index in [0.717, 1.165) is 6.20 Å². The number of pyridine rings is 1. The summed E-state index contributed by atoms with van der Waals surface area (Å²) in [5.41, 5.74) is -0.0746. The number of nitrogens with one attached hydrogen (secondary N) is 1. The van der Waals surface area contributed by atoms with Crippen LogP contribution in [0.25, 0.3) is 0 Å². The van der Waals surface area contributed by atoms with Crippen molar-refractivity contribution in [1.82, 2.24) is 4.98 Å². The van der Waals surface area contributed by atoms with Crippen LogP contribution in [0.15, 0.2) is 11.0 Å². The zero-order chi connectivity index (χ0) is 10.0. The van der Waals surface area contributed by atoms with Gasteiger partial charge in [0, 0.05) is 22.8 Å². The van der Waals surface area contributed by atoms with Gasteiger partial charge in [0.2, 0.25) is 0 Å². The molecule has 0 aliphatic carbocycles. The Bertz CT molecular complexity index is 362. The highest BCUT2D eigenvalue weighted by atomic mass is 79.9. The Hall–Kier alpha value is -0.710. The predicted molar refractivity (Wildman–Crippen MR) is 49.4 cm³/mol. The van der Waals surface area contributed by atoms with Crippen molar-refractivity contribution in [3.8, 4) is 0 Å². The standard InChI is InChI=1S/C8H8BrF2NO/c1-4-6(2-9)12-3-5(7(4)13)8(10)11/h3,8H,2H2,1H3,(H,12,13). The van der Waals surface area contributed by atoms with Crippen molar-refractivity contribution in [3.05, 3.63) is 33.2 Å². The van der Waals surface area contributed by atoms with Gasteiger partial charge in [-0.2, -0.15) is 0 Å². The number of H-pyrrole nitrogens is 1. The number of alkyl halides is 3. The van der Waals surface area contributed by atoms with Crippen molar-refractivity contribution < 1.29 is 8.78 Å². The van der Waals surface area contributed by atoms with Gasteiger partial charge in [0.15, 0.2) is 5.43 Å². The number of aromatic amines is 1. The summed E-state index contributed by atoms with van der Waals surface area (Å²) in [5.74, 6) is 0. The normalized spacial score (nSPS) is 10.8. The van der Waals surface area contributed by atoms with Crippen molar-refractivity contribution >= 4 is 15.9 Å². The molecule has 1 rings (SSSR count). The molecular weight excluding hydrogens is 244 g/mol. The van der Waals surface area contributed by atoms with Crippen LogP contribution in [0.2, 0.25) is 0 Å². The smallest absolute Gasteiger partial charge is 0.269 e. The molecule has 0 spiro atoms. The fourth-order valence-electron chi connectivity index (χ4n) is 0.993. The number of halogens is 3. The zero-order valence-electron chi connectivity index (χ0n) is 6.90. The quantitative estimate of drug-likeness (QED) is 0.806. The van der Waals surface area contributed by atoms with Crippen LogP contribution in [0.1, 0.15) is 23.2 Å². The maximum absolute atomic E-state index is 12.2. The minimum absolute atomic E-state index is 0.342. The summed E-state index contributed by atoms with van der Waals surface area (Å²) >= 11 is 3.15. The number of rotatable bonds is 2. The third-order valence-corrected chi connectivity index (χ3v) is 2.39. The van der Waals surface area contributed by atoms with Crippen molar-refractivity contribution in [2.75, 3.05) is 0 Å². The van der Waals surface area contributed by atoms with Crippen LogP contribution in [0.3, 0.4) is 0 Å². The highest BCUT2D eigenvalue weighted by Crippen LogP contribution is 2.15. The van der Waals surface area contributed by atoms with E-state index in [1.807, 2.05) is 0 Å². The van der Waals surface area contributed by atoms with Gasteiger partial charge in [-0.05, 0) is 6.92 Å². The van der Waals surface area contributed by atoms with Gasteiger partial charge in [-0.1, -0.05) is 15.9 Å². The zero-order valence-corrected chi connectivity index (χ0v) is 8.49. The molecule has 0 aliphatic rings. The molecule has 1 heterocycles. The molecule has 0 aromatic carbocycles. The highest BCUT2D eigenvalue weighted by molar-refractivity contribution is 9.08. The molecule has 1 aromatic heterocycles. The Balaban J connectivity index is 3.32. The third-order valence-electron chi connectivity index (χ3n) is 1.83. The minimum atomic E-state index is -2.72. The molecule has 2 nitrogen and oxygen atoms in total. The lowest BCUT2D eigenvalue weighted by Gasteiger charge is -2.04. The van der Waals surface area contributed by atoms with E-state index in [9.17, 15) is 13.6 Å². The van der Waals surface area contributed by atoms with Crippen molar-refractivity contribution in [1.29, 1.82) is 0 Å². The molecule has 0 unspecified atom stereocenters. The van der Waals surface area contributed by atoms with Crippen LogP contribution in [-0.2, 0) is 5.33 Å². The Morgan fingerprint density at radius 1 is 1.62 bits per heavy atom. The van der Waals surface area contributed by atoms with Crippen LogP contribution < -0.4 is 5.43 Å². The SMILES string of the molecule is Cc1c(CBr)[nH]cc(C(F)F)c1=O. The van der Waals surface area contributed by atoms with Crippen LogP contribution in [-0.4, -0.2) is 4.98 Å². The Morgan fingerprint density at radius 2 is 2.23 bits per heavy atom. The molecule has 0 bridgehead atoms. The molecular formula is C8H8BrF2NO. The first-order chi connectivity index (χ1) is 6.07. The van der Waals surface area contributed by atoms with Gasteiger partial charge in [-0.3, -0.25) is 4.79 Å². The first-order valence-corrected chi connectivity index (χ1v) is 4.75. The van der Waals surface area contributed by atoms with Crippen LogP contribution in [0.4, 0.5) is 8.78 Å². The number of hydrogen-bond donors (Lipinski definition) is 1. The molecule has 72 valence electrons. The second kappa shape index (κ2) is 4.00. The summed E-state index contributed by atoms with van der Waals surface area (Å²) in [6, 6.07) is 0. The minimum Gasteiger partial charge on any atom is -0.363 e. The molecule has 0 radical (unpaired) electrons. The van der Waals surface area contributed by atoms with E-state index in [2.05, 4.69) is 20.9 Å². The summed E-state index contributed by atoms with van der Waals surface area (Å²) in [7, 11) is 0. The van der Waals surface area contributed by atoms with Crippen LogP contribution >= 0.6 is 15.9 Å². The number of aromatic nitrogens is 1. The summed E-state index contributed by atoms with van der Waals surface area (Å²) in [6.07, 6.45) is -1.65. The lowest BCUT2D eigenvalue weighted by Crippen LogP contribution is -2.15. The second-order valence-corrected chi connectivity index (χ2v) is 3.17. The van der Waals surface area contributed by atoms with Crippen LogP contribution in [0.5, 0.6) is 0 Å². The third kappa shape index (κ3) is 1.96. The number of hydrogen-bond acceptors (Lipinski definition) is 1. The summed E-state index contributed by atoms with van der Waals surface area (Å²) < 4.78 is 24.4. The molecule has 0 aliphatic heterocycles. The Labute approximate surface area is 82.1 Å². The van der Waals surface area contributed by atoms with E-state index in [-0.39, 0.29) is 0 Å². The van der Waals surface area contributed by atoms with Crippen molar-refractivity contribution in [2.24, 2.45) is 0 Å². The van der Waals surface area contributed by atoms with E-state index in [4.69, 9.17) is 0 Å². The largest absolute Gasteiger partial charge is 0.363 e. The molecule has 0 amide bonds. The average molecular weight is 252 g/mol. The monoisotopic (exact) mass is 251 g/mol. The first-order valence-electron chi connectivity index (χ1n) is 3.63. The van der Waals surface area contributed by atoms with Gasteiger partial charge >= 0.3 is 0 Å². The maximum Gasteiger partial charge on any atom is 0.269 e. The molecule has 0 saturated carbocycles. The van der Waals surface area contributed by atoms with Crippen molar-refractivity contribution in [2.45, 2.75) is 18.7 Å². The summed E-state index contributed by atoms with van der Waals surface area (Å²) in [4.78, 5) is 13.9. The molecule has 5 heteroatoms. The molecule has 1 aromatic rings. The van der Waals surface area contributed by atoms with Gasteiger partial charge in [0.1, 0.15) is 0 Å². The van der Waals surface area contributed by atoms with E-state index in [1.165, 1.54) is 6.92 Å². The van der Waals surface area contributed by atoms with Gasteiger partial charge in [0.05, 0.1) is 5.56 Å². The maximum atomic E-state index is 12.2. The summed E-state index contributed by atoms with van der Waals surface area (Å²) in [6.45, 7) is 1.53.